The van der Waals surface area contributed by atoms with E-state index in [2.05, 4.69) is 19.1 Å². The predicted octanol–water partition coefficient (Wildman–Crippen LogP) is 4.44. The third-order valence-corrected chi connectivity index (χ3v) is 4.26. The van der Waals surface area contributed by atoms with Gasteiger partial charge in [0.25, 0.3) is 5.91 Å². The average molecular weight is 340 g/mol. The van der Waals surface area contributed by atoms with Gasteiger partial charge in [0, 0.05) is 6.42 Å². The van der Waals surface area contributed by atoms with Crippen molar-refractivity contribution >= 4 is 11.7 Å². The first-order valence-corrected chi connectivity index (χ1v) is 9.74. The highest BCUT2D eigenvalue weighted by Gasteiger charge is 2.19. The SMILES string of the molecule is CCCCCCCC/C=C\CCCCCCCC(=O)C(O)C(N)=O. The molecule has 0 aliphatic carbocycles. The van der Waals surface area contributed by atoms with Gasteiger partial charge in [-0.1, -0.05) is 70.4 Å². The zero-order chi connectivity index (χ0) is 18.0. The Morgan fingerprint density at radius 1 is 0.833 bits per heavy atom. The smallest absolute Gasteiger partial charge is 0.254 e. The summed E-state index contributed by atoms with van der Waals surface area (Å²) in [4.78, 5) is 22.0. The topological polar surface area (TPSA) is 80.4 Å². The molecule has 1 unspecified atom stereocenters. The number of rotatable bonds is 17. The van der Waals surface area contributed by atoms with Crippen LogP contribution in [0.15, 0.2) is 12.2 Å². The summed E-state index contributed by atoms with van der Waals surface area (Å²) in [6.07, 6.45) is 18.8. The van der Waals surface area contributed by atoms with Gasteiger partial charge in [-0.05, 0) is 32.1 Å². The lowest BCUT2D eigenvalue weighted by Gasteiger charge is -2.05. The Bertz CT molecular complexity index is 353. The molecule has 0 radical (unpaired) electrons. The summed E-state index contributed by atoms with van der Waals surface area (Å²) in [6.45, 7) is 2.25. The molecular formula is C20H37NO3. The lowest BCUT2D eigenvalue weighted by Crippen LogP contribution is -2.35. The van der Waals surface area contributed by atoms with Crippen molar-refractivity contribution in [2.45, 2.75) is 103 Å². The second-order valence-corrected chi connectivity index (χ2v) is 6.61. The van der Waals surface area contributed by atoms with E-state index >= 15 is 0 Å². The van der Waals surface area contributed by atoms with Gasteiger partial charge in [-0.3, -0.25) is 9.59 Å². The second-order valence-electron chi connectivity index (χ2n) is 6.61. The normalized spacial score (nSPS) is 12.6. The Hall–Kier alpha value is -1.16. The number of amides is 1. The van der Waals surface area contributed by atoms with Gasteiger partial charge >= 0.3 is 0 Å². The van der Waals surface area contributed by atoms with Gasteiger partial charge in [0.05, 0.1) is 0 Å². The number of hydrogen-bond acceptors (Lipinski definition) is 3. The first kappa shape index (κ1) is 22.8. The largest absolute Gasteiger partial charge is 0.376 e. The highest BCUT2D eigenvalue weighted by Crippen LogP contribution is 2.10. The zero-order valence-electron chi connectivity index (χ0n) is 15.5. The van der Waals surface area contributed by atoms with E-state index in [1.165, 1.54) is 51.4 Å². The second kappa shape index (κ2) is 16.7. The Morgan fingerprint density at radius 3 is 1.79 bits per heavy atom. The van der Waals surface area contributed by atoms with Crippen LogP contribution in [0.1, 0.15) is 96.8 Å². The molecule has 0 saturated heterocycles. The molecular weight excluding hydrogens is 302 g/mol. The molecule has 0 rings (SSSR count). The van der Waals surface area contributed by atoms with Crippen molar-refractivity contribution in [3.8, 4) is 0 Å². The molecule has 4 heteroatoms. The fourth-order valence-electron chi connectivity index (χ4n) is 2.67. The molecule has 0 fully saturated rings. The van der Waals surface area contributed by atoms with E-state index in [9.17, 15) is 14.7 Å². The maximum absolute atomic E-state index is 11.4. The van der Waals surface area contributed by atoms with E-state index in [1.807, 2.05) is 0 Å². The van der Waals surface area contributed by atoms with Crippen molar-refractivity contribution in [3.05, 3.63) is 12.2 Å². The number of carbonyl (C=O) groups excluding carboxylic acids is 2. The molecule has 0 aromatic carbocycles. The van der Waals surface area contributed by atoms with Crippen molar-refractivity contribution in [2.24, 2.45) is 5.73 Å². The summed E-state index contributed by atoms with van der Waals surface area (Å²) < 4.78 is 0. The van der Waals surface area contributed by atoms with Crippen LogP contribution in [0.4, 0.5) is 0 Å². The number of hydrogen-bond donors (Lipinski definition) is 2. The first-order chi connectivity index (χ1) is 11.6. The average Bonchev–Trinajstić information content (AvgIpc) is 2.57. The van der Waals surface area contributed by atoms with Gasteiger partial charge < -0.3 is 10.8 Å². The van der Waals surface area contributed by atoms with Crippen molar-refractivity contribution in [2.75, 3.05) is 0 Å². The number of aliphatic hydroxyl groups excluding tert-OH is 1. The van der Waals surface area contributed by atoms with Crippen LogP contribution in [0.2, 0.25) is 0 Å². The van der Waals surface area contributed by atoms with Crippen LogP contribution in [-0.4, -0.2) is 22.9 Å². The Morgan fingerprint density at radius 2 is 1.29 bits per heavy atom. The van der Waals surface area contributed by atoms with E-state index < -0.39 is 17.8 Å². The van der Waals surface area contributed by atoms with E-state index in [4.69, 9.17) is 5.73 Å². The summed E-state index contributed by atoms with van der Waals surface area (Å²) in [5.41, 5.74) is 4.88. The molecule has 0 aliphatic heterocycles. The molecule has 3 N–H and O–H groups in total. The lowest BCUT2D eigenvalue weighted by molar-refractivity contribution is -0.137. The molecule has 0 aromatic rings. The number of ketones is 1. The molecule has 140 valence electrons. The van der Waals surface area contributed by atoms with Crippen LogP contribution in [0, 0.1) is 0 Å². The highest BCUT2D eigenvalue weighted by atomic mass is 16.3. The Balaban J connectivity index is 3.29. The molecule has 0 bridgehead atoms. The van der Waals surface area contributed by atoms with Crippen molar-refractivity contribution in [1.29, 1.82) is 0 Å². The van der Waals surface area contributed by atoms with Gasteiger partial charge in [-0.25, -0.2) is 0 Å². The number of unbranched alkanes of at least 4 members (excludes halogenated alkanes) is 11. The number of Topliss-reactive ketones (excluding diaryl/α,β-unsaturated/α-hetero) is 1. The first-order valence-electron chi connectivity index (χ1n) is 9.74. The Labute approximate surface area is 147 Å². The van der Waals surface area contributed by atoms with Gasteiger partial charge in [-0.2, -0.15) is 0 Å². The monoisotopic (exact) mass is 339 g/mol. The van der Waals surface area contributed by atoms with Crippen molar-refractivity contribution in [1.82, 2.24) is 0 Å². The maximum atomic E-state index is 11.4. The van der Waals surface area contributed by atoms with E-state index in [0.717, 1.165) is 32.1 Å². The third-order valence-electron chi connectivity index (χ3n) is 4.26. The zero-order valence-corrected chi connectivity index (χ0v) is 15.5. The van der Waals surface area contributed by atoms with Crippen LogP contribution in [0.3, 0.4) is 0 Å². The standard InChI is InChI=1S/C20H37NO3/c1-2-3-4-5-6-7-8-9-10-11-12-13-14-15-16-17-18(22)19(23)20(21)24/h9-10,19,23H,2-8,11-17H2,1H3,(H2,21,24)/b10-9-. The van der Waals surface area contributed by atoms with Gasteiger partial charge in [0.15, 0.2) is 11.9 Å². The molecule has 0 heterocycles. The van der Waals surface area contributed by atoms with Gasteiger partial charge in [-0.15, -0.1) is 0 Å². The van der Waals surface area contributed by atoms with Crippen LogP contribution >= 0.6 is 0 Å². The molecule has 1 atom stereocenters. The third kappa shape index (κ3) is 14.4. The van der Waals surface area contributed by atoms with Gasteiger partial charge in [0.2, 0.25) is 0 Å². The molecule has 0 saturated carbocycles. The highest BCUT2D eigenvalue weighted by molar-refractivity contribution is 6.03. The van der Waals surface area contributed by atoms with E-state index in [-0.39, 0.29) is 6.42 Å². The molecule has 0 aromatic heterocycles. The van der Waals surface area contributed by atoms with Crippen LogP contribution in [-0.2, 0) is 9.59 Å². The summed E-state index contributed by atoms with van der Waals surface area (Å²) >= 11 is 0. The lowest BCUT2D eigenvalue weighted by atomic mass is 10.0. The van der Waals surface area contributed by atoms with Crippen molar-refractivity contribution in [3.63, 3.8) is 0 Å². The predicted molar refractivity (Wildman–Crippen MR) is 99.7 cm³/mol. The minimum absolute atomic E-state index is 0.238. The number of nitrogens with two attached hydrogens (primary N) is 1. The fourth-order valence-corrected chi connectivity index (χ4v) is 2.67. The van der Waals surface area contributed by atoms with Gasteiger partial charge in [0.1, 0.15) is 0 Å². The molecule has 0 aliphatic rings. The minimum Gasteiger partial charge on any atom is -0.376 e. The maximum Gasteiger partial charge on any atom is 0.254 e. The summed E-state index contributed by atoms with van der Waals surface area (Å²) in [5.74, 6) is -1.41. The van der Waals surface area contributed by atoms with E-state index in [1.54, 1.807) is 0 Å². The molecule has 0 spiro atoms. The minimum atomic E-state index is -1.62. The van der Waals surface area contributed by atoms with Crippen molar-refractivity contribution < 1.29 is 14.7 Å². The number of allylic oxidation sites excluding steroid dienone is 2. The Kier molecular flexibility index (Phi) is 15.9. The number of primary amides is 1. The van der Waals surface area contributed by atoms with Crippen LogP contribution < -0.4 is 5.73 Å². The molecule has 1 amide bonds. The summed E-state index contributed by atoms with van der Waals surface area (Å²) in [7, 11) is 0. The number of aliphatic hydroxyl groups is 1. The summed E-state index contributed by atoms with van der Waals surface area (Å²) in [5, 5.41) is 9.18. The van der Waals surface area contributed by atoms with Crippen LogP contribution in [0.25, 0.3) is 0 Å². The van der Waals surface area contributed by atoms with E-state index in [0.29, 0.717) is 0 Å². The summed E-state index contributed by atoms with van der Waals surface area (Å²) in [6, 6.07) is 0. The molecule has 24 heavy (non-hydrogen) atoms. The number of carbonyl (C=O) groups is 2. The van der Waals surface area contributed by atoms with Crippen LogP contribution in [0.5, 0.6) is 0 Å². The quantitative estimate of drug-likeness (QED) is 0.233. The fraction of sp³-hybridized carbons (Fsp3) is 0.800. The molecule has 4 nitrogen and oxygen atoms in total.